The van der Waals surface area contributed by atoms with E-state index in [-0.39, 0.29) is 21.5 Å². The minimum absolute atomic E-state index is 0.129. The van der Waals surface area contributed by atoms with Crippen molar-refractivity contribution in [2.24, 2.45) is 0 Å². The Labute approximate surface area is 193 Å². The van der Waals surface area contributed by atoms with Gasteiger partial charge in [0.05, 0.1) is 22.2 Å². The van der Waals surface area contributed by atoms with E-state index < -0.39 is 10.0 Å². The summed E-state index contributed by atoms with van der Waals surface area (Å²) in [6.45, 7) is 3.03. The zero-order valence-electron chi connectivity index (χ0n) is 17.7. The number of ether oxygens (including phenoxy) is 1. The van der Waals surface area contributed by atoms with Crippen LogP contribution in [0.25, 0.3) is 0 Å². The first-order valence-electron chi connectivity index (χ1n) is 10.3. The van der Waals surface area contributed by atoms with E-state index in [1.54, 1.807) is 18.2 Å². The Morgan fingerprint density at radius 3 is 2.44 bits per heavy atom. The highest BCUT2D eigenvalue weighted by Gasteiger charge is 2.16. The average Bonchev–Trinajstić information content (AvgIpc) is 2.79. The summed E-state index contributed by atoms with van der Waals surface area (Å²) in [5.41, 5.74) is 1.66. The number of benzene rings is 3. The summed E-state index contributed by atoms with van der Waals surface area (Å²) in [6.07, 6.45) is 1.52. The number of aryl methyl sites for hydroxylation is 1. The topological polar surface area (TPSA) is 84.5 Å². The summed E-state index contributed by atoms with van der Waals surface area (Å²) < 4.78 is 33.0. The van der Waals surface area contributed by atoms with Crippen LogP contribution in [0.3, 0.4) is 0 Å². The molecule has 0 radical (unpaired) electrons. The summed E-state index contributed by atoms with van der Waals surface area (Å²) >= 11 is 6.23. The van der Waals surface area contributed by atoms with Gasteiger partial charge in [-0.05, 0) is 61.7 Å². The number of halogens is 1. The Morgan fingerprint density at radius 1 is 1.00 bits per heavy atom. The summed E-state index contributed by atoms with van der Waals surface area (Å²) in [7, 11) is -3.77. The molecular formula is C24H25ClN2O4S. The van der Waals surface area contributed by atoms with E-state index in [0.29, 0.717) is 18.7 Å². The first-order chi connectivity index (χ1) is 15.4. The zero-order chi connectivity index (χ0) is 23.0. The van der Waals surface area contributed by atoms with Gasteiger partial charge in [0.15, 0.2) is 0 Å². The number of nitrogens with one attached hydrogen (secondary N) is 2. The van der Waals surface area contributed by atoms with Gasteiger partial charge in [-0.1, -0.05) is 48.0 Å². The van der Waals surface area contributed by atoms with Gasteiger partial charge >= 0.3 is 0 Å². The molecule has 0 aliphatic rings. The summed E-state index contributed by atoms with van der Waals surface area (Å²) in [6, 6.07) is 20.3. The van der Waals surface area contributed by atoms with Gasteiger partial charge in [0.25, 0.3) is 15.9 Å². The van der Waals surface area contributed by atoms with Crippen molar-refractivity contribution in [2.75, 3.05) is 17.9 Å². The standard InChI is InChI=1S/C24H25ClN2O4S/c1-2-31-23-13-7-6-9-18(23)10-8-16-26-24(28)19-14-15-22(21(25)17-19)27-32(29,30)20-11-4-3-5-12-20/h3-7,9,11-15,17,27H,2,8,10,16H2,1H3,(H,26,28). The van der Waals surface area contributed by atoms with Crippen molar-refractivity contribution in [1.82, 2.24) is 5.32 Å². The highest BCUT2D eigenvalue weighted by atomic mass is 35.5. The number of amides is 1. The number of anilines is 1. The van der Waals surface area contributed by atoms with Crippen LogP contribution in [0, 0.1) is 0 Å². The third-order valence-electron chi connectivity index (χ3n) is 4.71. The molecule has 0 atom stereocenters. The number of carbonyl (C=O) groups is 1. The van der Waals surface area contributed by atoms with E-state index in [1.165, 1.54) is 30.3 Å². The summed E-state index contributed by atoms with van der Waals surface area (Å²) in [4.78, 5) is 12.6. The molecule has 0 aromatic heterocycles. The fraction of sp³-hybridized carbons (Fsp3) is 0.208. The van der Waals surface area contributed by atoms with Crippen LogP contribution in [-0.2, 0) is 16.4 Å². The van der Waals surface area contributed by atoms with Crippen LogP contribution < -0.4 is 14.8 Å². The van der Waals surface area contributed by atoms with Crippen LogP contribution in [0.2, 0.25) is 5.02 Å². The monoisotopic (exact) mass is 472 g/mol. The smallest absolute Gasteiger partial charge is 0.261 e. The quantitative estimate of drug-likeness (QED) is 0.411. The molecule has 3 aromatic rings. The minimum atomic E-state index is -3.77. The fourth-order valence-corrected chi connectivity index (χ4v) is 4.52. The summed E-state index contributed by atoms with van der Waals surface area (Å²) in [5, 5.41) is 3.01. The van der Waals surface area contributed by atoms with Gasteiger partial charge in [0, 0.05) is 12.1 Å². The van der Waals surface area contributed by atoms with E-state index in [0.717, 1.165) is 24.2 Å². The number of carbonyl (C=O) groups excluding carboxylic acids is 1. The molecule has 0 aliphatic heterocycles. The SMILES string of the molecule is CCOc1ccccc1CCCNC(=O)c1ccc(NS(=O)(=O)c2ccccc2)c(Cl)c1. The van der Waals surface area contributed by atoms with Crippen molar-refractivity contribution in [2.45, 2.75) is 24.7 Å². The third kappa shape index (κ3) is 6.24. The Balaban J connectivity index is 1.56. The maximum atomic E-state index is 12.5. The van der Waals surface area contributed by atoms with Gasteiger partial charge < -0.3 is 10.1 Å². The first kappa shape index (κ1) is 23.6. The maximum Gasteiger partial charge on any atom is 0.261 e. The first-order valence-corrected chi connectivity index (χ1v) is 12.1. The van der Waals surface area contributed by atoms with Crippen molar-refractivity contribution in [1.29, 1.82) is 0 Å². The number of hydrogen-bond acceptors (Lipinski definition) is 4. The Kier molecular flexibility index (Phi) is 8.14. The normalized spacial score (nSPS) is 11.1. The second-order valence-corrected chi connectivity index (χ2v) is 9.10. The second-order valence-electron chi connectivity index (χ2n) is 7.01. The lowest BCUT2D eigenvalue weighted by Gasteiger charge is -2.12. The molecule has 0 spiro atoms. The van der Waals surface area contributed by atoms with Crippen LogP contribution in [0.5, 0.6) is 5.75 Å². The van der Waals surface area contributed by atoms with Crippen molar-refractivity contribution in [3.05, 3.63) is 88.9 Å². The number of sulfonamides is 1. The average molecular weight is 473 g/mol. The molecule has 8 heteroatoms. The number of rotatable bonds is 10. The molecular weight excluding hydrogens is 448 g/mol. The van der Waals surface area contributed by atoms with E-state index in [4.69, 9.17) is 16.3 Å². The molecule has 1 amide bonds. The lowest BCUT2D eigenvalue weighted by atomic mass is 10.1. The second kappa shape index (κ2) is 11.0. The van der Waals surface area contributed by atoms with Crippen molar-refractivity contribution in [3.8, 4) is 5.75 Å². The Hall–Kier alpha value is -3.03. The van der Waals surface area contributed by atoms with Gasteiger partial charge in [0.2, 0.25) is 0 Å². The van der Waals surface area contributed by atoms with Gasteiger partial charge in [-0.2, -0.15) is 0 Å². The maximum absolute atomic E-state index is 12.5. The van der Waals surface area contributed by atoms with E-state index in [1.807, 2.05) is 31.2 Å². The zero-order valence-corrected chi connectivity index (χ0v) is 19.2. The molecule has 2 N–H and O–H groups in total. The fourth-order valence-electron chi connectivity index (χ4n) is 3.13. The van der Waals surface area contributed by atoms with Gasteiger partial charge in [-0.3, -0.25) is 9.52 Å². The van der Waals surface area contributed by atoms with Crippen molar-refractivity contribution >= 4 is 33.2 Å². The molecule has 0 heterocycles. The lowest BCUT2D eigenvalue weighted by molar-refractivity contribution is 0.0953. The molecule has 0 saturated carbocycles. The molecule has 32 heavy (non-hydrogen) atoms. The molecule has 168 valence electrons. The number of para-hydroxylation sites is 1. The van der Waals surface area contributed by atoms with Crippen LogP contribution in [0.1, 0.15) is 29.3 Å². The molecule has 3 rings (SSSR count). The van der Waals surface area contributed by atoms with Gasteiger partial charge in [-0.25, -0.2) is 8.42 Å². The van der Waals surface area contributed by atoms with Crippen LogP contribution in [0.15, 0.2) is 77.7 Å². The molecule has 0 unspecified atom stereocenters. The van der Waals surface area contributed by atoms with Gasteiger partial charge in [0.1, 0.15) is 5.75 Å². The van der Waals surface area contributed by atoms with Gasteiger partial charge in [-0.15, -0.1) is 0 Å². The Bertz CT molecular complexity index is 1170. The Morgan fingerprint density at radius 2 is 1.72 bits per heavy atom. The number of hydrogen-bond donors (Lipinski definition) is 2. The highest BCUT2D eigenvalue weighted by Crippen LogP contribution is 2.26. The van der Waals surface area contributed by atoms with Crippen molar-refractivity contribution < 1.29 is 17.9 Å². The molecule has 0 bridgehead atoms. The predicted molar refractivity (Wildman–Crippen MR) is 127 cm³/mol. The summed E-state index contributed by atoms with van der Waals surface area (Å²) in [5.74, 6) is 0.587. The van der Waals surface area contributed by atoms with Crippen LogP contribution in [-0.4, -0.2) is 27.5 Å². The van der Waals surface area contributed by atoms with E-state index >= 15 is 0 Å². The lowest BCUT2D eigenvalue weighted by Crippen LogP contribution is -2.25. The van der Waals surface area contributed by atoms with Crippen molar-refractivity contribution in [3.63, 3.8) is 0 Å². The van der Waals surface area contributed by atoms with E-state index in [2.05, 4.69) is 10.0 Å². The molecule has 0 aliphatic carbocycles. The largest absolute Gasteiger partial charge is 0.494 e. The van der Waals surface area contributed by atoms with Crippen LogP contribution >= 0.6 is 11.6 Å². The predicted octanol–water partition coefficient (Wildman–Crippen LogP) is 4.90. The molecule has 0 saturated heterocycles. The van der Waals surface area contributed by atoms with E-state index in [9.17, 15) is 13.2 Å². The van der Waals surface area contributed by atoms with Crippen LogP contribution in [0.4, 0.5) is 5.69 Å². The minimum Gasteiger partial charge on any atom is -0.494 e. The highest BCUT2D eigenvalue weighted by molar-refractivity contribution is 7.92. The third-order valence-corrected chi connectivity index (χ3v) is 6.40. The molecule has 3 aromatic carbocycles. The molecule has 0 fully saturated rings. The molecule has 6 nitrogen and oxygen atoms in total.